The van der Waals surface area contributed by atoms with Crippen LogP contribution in [-0.2, 0) is 4.79 Å². The summed E-state index contributed by atoms with van der Waals surface area (Å²) in [7, 11) is 4.06. The molecule has 0 aromatic carbocycles. The maximum absolute atomic E-state index is 11.9. The number of anilines is 1. The van der Waals surface area contributed by atoms with Crippen molar-refractivity contribution in [2.75, 3.05) is 37.8 Å². The van der Waals surface area contributed by atoms with Crippen LogP contribution >= 0.6 is 11.8 Å². The van der Waals surface area contributed by atoms with Gasteiger partial charge in [0.1, 0.15) is 5.03 Å². The number of carbonyl (C=O) groups excluding carboxylic acids is 1. The Bertz CT molecular complexity index is 410. The SMILES string of the molecule is CN(C)CCCN1C(=O)CSc2nccnc21. The van der Waals surface area contributed by atoms with Crippen LogP contribution in [0.15, 0.2) is 17.4 Å². The van der Waals surface area contributed by atoms with Gasteiger partial charge in [-0.05, 0) is 27.1 Å². The minimum absolute atomic E-state index is 0.127. The third kappa shape index (κ3) is 2.95. The van der Waals surface area contributed by atoms with Gasteiger partial charge >= 0.3 is 0 Å². The average molecular weight is 252 g/mol. The number of aromatic nitrogens is 2. The fourth-order valence-electron chi connectivity index (χ4n) is 1.71. The quantitative estimate of drug-likeness (QED) is 0.795. The molecule has 0 fully saturated rings. The van der Waals surface area contributed by atoms with Gasteiger partial charge in [-0.2, -0.15) is 0 Å². The second kappa shape index (κ2) is 5.46. The van der Waals surface area contributed by atoms with Crippen LogP contribution in [0.1, 0.15) is 6.42 Å². The van der Waals surface area contributed by atoms with Gasteiger partial charge in [0, 0.05) is 18.9 Å². The Kier molecular flexibility index (Phi) is 3.96. The first kappa shape index (κ1) is 12.3. The van der Waals surface area contributed by atoms with Crippen LogP contribution in [0, 0.1) is 0 Å². The van der Waals surface area contributed by atoms with Crippen LogP contribution in [0.5, 0.6) is 0 Å². The summed E-state index contributed by atoms with van der Waals surface area (Å²) in [6, 6.07) is 0. The summed E-state index contributed by atoms with van der Waals surface area (Å²) < 4.78 is 0. The van der Waals surface area contributed by atoms with E-state index < -0.39 is 0 Å². The van der Waals surface area contributed by atoms with E-state index >= 15 is 0 Å². The van der Waals surface area contributed by atoms with E-state index in [0.717, 1.165) is 18.0 Å². The molecule has 0 N–H and O–H groups in total. The molecule has 1 aromatic heterocycles. The Morgan fingerprint density at radius 3 is 2.94 bits per heavy atom. The van der Waals surface area contributed by atoms with Crippen LogP contribution in [-0.4, -0.2) is 53.7 Å². The summed E-state index contributed by atoms with van der Waals surface area (Å²) >= 11 is 1.47. The summed E-state index contributed by atoms with van der Waals surface area (Å²) in [5.74, 6) is 1.31. The lowest BCUT2D eigenvalue weighted by molar-refractivity contribution is -0.116. The van der Waals surface area contributed by atoms with Crippen molar-refractivity contribution in [1.29, 1.82) is 0 Å². The maximum Gasteiger partial charge on any atom is 0.238 e. The molecule has 92 valence electrons. The highest BCUT2D eigenvalue weighted by Gasteiger charge is 2.26. The van der Waals surface area contributed by atoms with Crippen LogP contribution in [0.25, 0.3) is 0 Å². The number of rotatable bonds is 4. The fraction of sp³-hybridized carbons (Fsp3) is 0.545. The number of thioether (sulfide) groups is 1. The Balaban J connectivity index is 2.07. The molecule has 0 unspecified atom stereocenters. The van der Waals surface area contributed by atoms with Crippen molar-refractivity contribution in [1.82, 2.24) is 14.9 Å². The van der Waals surface area contributed by atoms with Crippen LogP contribution < -0.4 is 4.90 Å². The number of hydrogen-bond donors (Lipinski definition) is 0. The number of fused-ring (bicyclic) bond motifs is 1. The molecule has 0 saturated heterocycles. The minimum atomic E-state index is 0.127. The molecule has 5 nitrogen and oxygen atoms in total. The fourth-order valence-corrected chi connectivity index (χ4v) is 2.55. The summed E-state index contributed by atoms with van der Waals surface area (Å²) in [5.41, 5.74) is 0. The van der Waals surface area contributed by atoms with Crippen molar-refractivity contribution < 1.29 is 4.79 Å². The molecular weight excluding hydrogens is 236 g/mol. The average Bonchev–Trinajstić information content (AvgIpc) is 2.32. The third-order valence-corrected chi connectivity index (χ3v) is 3.48. The van der Waals surface area contributed by atoms with Gasteiger partial charge < -0.3 is 4.90 Å². The summed E-state index contributed by atoms with van der Waals surface area (Å²) in [6.07, 6.45) is 4.25. The molecule has 0 bridgehead atoms. The predicted molar refractivity (Wildman–Crippen MR) is 68.3 cm³/mol. The van der Waals surface area contributed by atoms with Crippen molar-refractivity contribution in [3.63, 3.8) is 0 Å². The van der Waals surface area contributed by atoms with Gasteiger partial charge in [0.05, 0.1) is 5.75 Å². The summed E-state index contributed by atoms with van der Waals surface area (Å²) in [4.78, 5) is 24.2. The maximum atomic E-state index is 11.9. The van der Waals surface area contributed by atoms with Crippen molar-refractivity contribution in [2.24, 2.45) is 0 Å². The van der Waals surface area contributed by atoms with Crippen molar-refractivity contribution >= 4 is 23.5 Å². The monoisotopic (exact) mass is 252 g/mol. The Hall–Kier alpha value is -1.14. The normalized spacial score (nSPS) is 15.2. The predicted octanol–water partition coefficient (Wildman–Crippen LogP) is 0.867. The lowest BCUT2D eigenvalue weighted by Gasteiger charge is -2.27. The first-order valence-corrected chi connectivity index (χ1v) is 6.56. The van der Waals surface area contributed by atoms with E-state index in [9.17, 15) is 4.79 Å². The van der Waals surface area contributed by atoms with E-state index in [2.05, 4.69) is 14.9 Å². The zero-order chi connectivity index (χ0) is 12.3. The number of carbonyl (C=O) groups is 1. The van der Waals surface area contributed by atoms with Gasteiger partial charge in [0.25, 0.3) is 0 Å². The first-order valence-electron chi connectivity index (χ1n) is 5.57. The molecule has 1 aliphatic rings. The summed E-state index contributed by atoms with van der Waals surface area (Å²) in [6.45, 7) is 1.68. The zero-order valence-corrected chi connectivity index (χ0v) is 10.9. The molecule has 1 aliphatic heterocycles. The molecule has 2 heterocycles. The van der Waals surface area contributed by atoms with Crippen LogP contribution in [0.3, 0.4) is 0 Å². The van der Waals surface area contributed by atoms with Gasteiger partial charge in [-0.1, -0.05) is 11.8 Å². The standard InChI is InChI=1S/C11H16N4OS/c1-14(2)6-3-7-15-9(16)8-17-11-10(15)12-4-5-13-11/h4-5H,3,6-8H2,1-2H3. The molecule has 0 atom stereocenters. The van der Waals surface area contributed by atoms with Crippen molar-refractivity contribution in [2.45, 2.75) is 11.4 Å². The molecule has 0 saturated carbocycles. The molecule has 0 spiro atoms. The van der Waals surface area contributed by atoms with Gasteiger partial charge in [-0.3, -0.25) is 9.69 Å². The van der Waals surface area contributed by atoms with Gasteiger partial charge in [-0.15, -0.1) is 0 Å². The molecule has 0 radical (unpaired) electrons. The highest BCUT2D eigenvalue weighted by molar-refractivity contribution is 8.00. The van der Waals surface area contributed by atoms with E-state index in [0.29, 0.717) is 18.1 Å². The second-order valence-corrected chi connectivity index (χ2v) is 5.14. The molecule has 6 heteroatoms. The molecule has 17 heavy (non-hydrogen) atoms. The lowest BCUT2D eigenvalue weighted by Crippen LogP contribution is -2.38. The van der Waals surface area contributed by atoms with Crippen molar-refractivity contribution in [3.05, 3.63) is 12.4 Å². The smallest absolute Gasteiger partial charge is 0.238 e. The molecule has 0 aliphatic carbocycles. The number of hydrogen-bond acceptors (Lipinski definition) is 5. The van der Waals surface area contributed by atoms with Crippen LogP contribution in [0.4, 0.5) is 5.82 Å². The first-order chi connectivity index (χ1) is 8.18. The van der Waals surface area contributed by atoms with E-state index in [4.69, 9.17) is 0 Å². The lowest BCUT2D eigenvalue weighted by atomic mass is 10.3. The Morgan fingerprint density at radius 1 is 1.41 bits per heavy atom. The third-order valence-electron chi connectivity index (χ3n) is 2.52. The van der Waals surface area contributed by atoms with E-state index in [-0.39, 0.29) is 5.91 Å². The molecule has 1 amide bonds. The van der Waals surface area contributed by atoms with E-state index in [1.807, 2.05) is 14.1 Å². The van der Waals surface area contributed by atoms with Gasteiger partial charge in [-0.25, -0.2) is 9.97 Å². The van der Waals surface area contributed by atoms with E-state index in [1.165, 1.54) is 11.8 Å². The van der Waals surface area contributed by atoms with Crippen LogP contribution in [0.2, 0.25) is 0 Å². The number of amides is 1. The molecular formula is C11H16N4OS. The topological polar surface area (TPSA) is 49.3 Å². The second-order valence-electron chi connectivity index (χ2n) is 4.18. The largest absolute Gasteiger partial charge is 0.309 e. The Morgan fingerprint density at radius 2 is 2.18 bits per heavy atom. The minimum Gasteiger partial charge on any atom is -0.309 e. The Labute approximate surface area is 105 Å². The highest BCUT2D eigenvalue weighted by Crippen LogP contribution is 2.30. The number of nitrogens with zero attached hydrogens (tertiary/aromatic N) is 4. The van der Waals surface area contributed by atoms with Gasteiger partial charge in [0.15, 0.2) is 5.82 Å². The highest BCUT2D eigenvalue weighted by atomic mass is 32.2. The van der Waals surface area contributed by atoms with Gasteiger partial charge in [0.2, 0.25) is 5.91 Å². The molecule has 2 rings (SSSR count). The van der Waals surface area contributed by atoms with Crippen molar-refractivity contribution in [3.8, 4) is 0 Å². The zero-order valence-electron chi connectivity index (χ0n) is 10.1. The van der Waals surface area contributed by atoms with E-state index in [1.54, 1.807) is 17.3 Å². The summed E-state index contributed by atoms with van der Waals surface area (Å²) in [5, 5.41) is 0.858. The molecule has 1 aromatic rings.